The van der Waals surface area contributed by atoms with Crippen LogP contribution in [-0.4, -0.2) is 43.0 Å². The van der Waals surface area contributed by atoms with Crippen molar-refractivity contribution in [1.82, 2.24) is 10.2 Å². The Morgan fingerprint density at radius 3 is 2.43 bits per heavy atom. The highest BCUT2D eigenvalue weighted by Crippen LogP contribution is 2.22. The number of hydrogen-bond donors (Lipinski definition) is 1. The largest absolute Gasteiger partial charge is 0.493 e. The van der Waals surface area contributed by atoms with Gasteiger partial charge in [-0.25, -0.2) is 0 Å². The molecular formula is C23H28N2O3. The summed E-state index contributed by atoms with van der Waals surface area (Å²) < 4.78 is 5.49. The normalized spacial score (nSPS) is 14.5. The van der Waals surface area contributed by atoms with Crippen molar-refractivity contribution in [3.63, 3.8) is 0 Å². The van der Waals surface area contributed by atoms with Crippen LogP contribution >= 0.6 is 0 Å². The van der Waals surface area contributed by atoms with E-state index in [0.29, 0.717) is 23.8 Å². The van der Waals surface area contributed by atoms with Gasteiger partial charge in [-0.1, -0.05) is 42.5 Å². The standard InChI is InChI=1S/C23H28N2O3/c1-2-28-21-11-7-6-10-20(21)23(27)24-17-22(26)25-14-12-19(13-15-25)16-18-8-4-3-5-9-18/h3-11,19H,2,12-17H2,1H3,(H,24,27). The van der Waals surface area contributed by atoms with Gasteiger partial charge < -0.3 is 15.0 Å². The lowest BCUT2D eigenvalue weighted by molar-refractivity contribution is -0.131. The molecule has 3 rings (SSSR count). The van der Waals surface area contributed by atoms with Crippen molar-refractivity contribution in [2.24, 2.45) is 5.92 Å². The van der Waals surface area contributed by atoms with Crippen LogP contribution in [0.25, 0.3) is 0 Å². The molecule has 148 valence electrons. The number of likely N-dealkylation sites (tertiary alicyclic amines) is 1. The number of carbonyl (C=O) groups is 2. The molecule has 1 aliphatic heterocycles. The fraction of sp³-hybridized carbons (Fsp3) is 0.391. The number of ether oxygens (including phenoxy) is 1. The summed E-state index contributed by atoms with van der Waals surface area (Å²) in [5, 5.41) is 2.74. The molecule has 2 aromatic carbocycles. The Bertz CT molecular complexity index is 783. The molecule has 1 aliphatic rings. The molecule has 1 N–H and O–H groups in total. The Balaban J connectivity index is 1.45. The molecule has 0 radical (unpaired) electrons. The maximum absolute atomic E-state index is 12.5. The topological polar surface area (TPSA) is 58.6 Å². The SMILES string of the molecule is CCOc1ccccc1C(=O)NCC(=O)N1CCC(Cc2ccccc2)CC1. The number of benzene rings is 2. The Labute approximate surface area is 166 Å². The number of para-hydroxylation sites is 1. The lowest BCUT2D eigenvalue weighted by Gasteiger charge is -2.32. The summed E-state index contributed by atoms with van der Waals surface area (Å²) >= 11 is 0. The van der Waals surface area contributed by atoms with Crippen LogP contribution in [0.5, 0.6) is 5.75 Å². The van der Waals surface area contributed by atoms with Gasteiger partial charge in [0.2, 0.25) is 5.91 Å². The van der Waals surface area contributed by atoms with Crippen molar-refractivity contribution < 1.29 is 14.3 Å². The van der Waals surface area contributed by atoms with Crippen LogP contribution in [0.2, 0.25) is 0 Å². The molecule has 2 aromatic rings. The van der Waals surface area contributed by atoms with E-state index in [1.165, 1.54) is 5.56 Å². The molecule has 0 saturated carbocycles. The number of nitrogens with one attached hydrogen (secondary N) is 1. The minimum absolute atomic E-state index is 0.0165. The third kappa shape index (κ3) is 5.35. The van der Waals surface area contributed by atoms with Gasteiger partial charge in [-0.3, -0.25) is 9.59 Å². The van der Waals surface area contributed by atoms with Crippen molar-refractivity contribution in [2.75, 3.05) is 26.2 Å². The van der Waals surface area contributed by atoms with Crippen molar-refractivity contribution in [3.8, 4) is 5.75 Å². The highest BCUT2D eigenvalue weighted by molar-refractivity contribution is 5.98. The van der Waals surface area contributed by atoms with Crippen LogP contribution in [0.15, 0.2) is 54.6 Å². The van der Waals surface area contributed by atoms with E-state index in [0.717, 1.165) is 32.4 Å². The molecule has 0 spiro atoms. The summed E-state index contributed by atoms with van der Waals surface area (Å²) in [6.45, 7) is 3.88. The van der Waals surface area contributed by atoms with Crippen molar-refractivity contribution in [3.05, 3.63) is 65.7 Å². The summed E-state index contributed by atoms with van der Waals surface area (Å²) in [4.78, 5) is 26.8. The van der Waals surface area contributed by atoms with Crippen molar-refractivity contribution in [1.29, 1.82) is 0 Å². The van der Waals surface area contributed by atoms with Crippen LogP contribution in [0.1, 0.15) is 35.7 Å². The number of piperidine rings is 1. The van der Waals surface area contributed by atoms with E-state index in [9.17, 15) is 9.59 Å². The van der Waals surface area contributed by atoms with Gasteiger partial charge in [0.15, 0.2) is 0 Å². The fourth-order valence-electron chi connectivity index (χ4n) is 3.63. The van der Waals surface area contributed by atoms with E-state index < -0.39 is 0 Å². The molecule has 1 fully saturated rings. The molecule has 1 saturated heterocycles. The minimum Gasteiger partial charge on any atom is -0.493 e. The first-order chi connectivity index (χ1) is 13.7. The summed E-state index contributed by atoms with van der Waals surface area (Å²) in [5.74, 6) is 0.840. The first-order valence-electron chi connectivity index (χ1n) is 9.99. The molecule has 2 amide bonds. The van der Waals surface area contributed by atoms with Gasteiger partial charge >= 0.3 is 0 Å². The zero-order chi connectivity index (χ0) is 19.8. The molecule has 28 heavy (non-hydrogen) atoms. The smallest absolute Gasteiger partial charge is 0.255 e. The quantitative estimate of drug-likeness (QED) is 0.802. The summed E-state index contributed by atoms with van der Waals surface area (Å²) in [6.07, 6.45) is 3.07. The molecule has 5 heteroatoms. The first-order valence-corrected chi connectivity index (χ1v) is 9.99. The third-order valence-electron chi connectivity index (χ3n) is 5.17. The third-order valence-corrected chi connectivity index (χ3v) is 5.17. The number of amides is 2. The molecule has 0 atom stereocenters. The Morgan fingerprint density at radius 2 is 1.71 bits per heavy atom. The van der Waals surface area contributed by atoms with E-state index in [2.05, 4.69) is 29.6 Å². The average Bonchev–Trinajstić information content (AvgIpc) is 2.74. The lowest BCUT2D eigenvalue weighted by atomic mass is 9.90. The predicted molar refractivity (Wildman–Crippen MR) is 109 cm³/mol. The lowest BCUT2D eigenvalue weighted by Crippen LogP contribution is -2.44. The molecule has 0 bridgehead atoms. The zero-order valence-corrected chi connectivity index (χ0v) is 16.4. The predicted octanol–water partition coefficient (Wildman–Crippen LogP) is 3.30. The van der Waals surface area contributed by atoms with Crippen molar-refractivity contribution >= 4 is 11.8 Å². The maximum atomic E-state index is 12.5. The Kier molecular flexibility index (Phi) is 7.06. The molecule has 1 heterocycles. The molecule has 0 aliphatic carbocycles. The van der Waals surface area contributed by atoms with E-state index in [1.54, 1.807) is 18.2 Å². The highest BCUT2D eigenvalue weighted by Gasteiger charge is 2.23. The van der Waals surface area contributed by atoms with Crippen LogP contribution in [0, 0.1) is 5.92 Å². The second-order valence-corrected chi connectivity index (χ2v) is 7.13. The highest BCUT2D eigenvalue weighted by atomic mass is 16.5. The van der Waals surface area contributed by atoms with Gasteiger partial charge in [0.1, 0.15) is 5.75 Å². The fourth-order valence-corrected chi connectivity index (χ4v) is 3.63. The van der Waals surface area contributed by atoms with E-state index in [4.69, 9.17) is 4.74 Å². The second-order valence-electron chi connectivity index (χ2n) is 7.13. The Hall–Kier alpha value is -2.82. The number of hydrogen-bond acceptors (Lipinski definition) is 3. The maximum Gasteiger partial charge on any atom is 0.255 e. The van der Waals surface area contributed by atoms with Gasteiger partial charge in [0.25, 0.3) is 5.91 Å². The Morgan fingerprint density at radius 1 is 1.04 bits per heavy atom. The molecule has 0 unspecified atom stereocenters. The summed E-state index contributed by atoms with van der Waals surface area (Å²) in [7, 11) is 0. The van der Waals surface area contributed by atoms with Gasteiger partial charge in [-0.15, -0.1) is 0 Å². The number of nitrogens with zero attached hydrogens (tertiary/aromatic N) is 1. The summed E-state index contributed by atoms with van der Waals surface area (Å²) in [5.41, 5.74) is 1.81. The second kappa shape index (κ2) is 9.93. The van der Waals surface area contributed by atoms with Crippen LogP contribution in [0.3, 0.4) is 0 Å². The van der Waals surface area contributed by atoms with Gasteiger partial charge in [-0.2, -0.15) is 0 Å². The summed E-state index contributed by atoms with van der Waals surface area (Å²) in [6, 6.07) is 17.6. The van der Waals surface area contributed by atoms with E-state index in [-0.39, 0.29) is 18.4 Å². The van der Waals surface area contributed by atoms with Gasteiger partial charge in [0.05, 0.1) is 18.7 Å². The van der Waals surface area contributed by atoms with Gasteiger partial charge in [-0.05, 0) is 49.8 Å². The number of carbonyl (C=O) groups excluding carboxylic acids is 2. The minimum atomic E-state index is -0.281. The molecule has 0 aromatic heterocycles. The molecular weight excluding hydrogens is 352 g/mol. The number of rotatable bonds is 7. The molecule has 5 nitrogen and oxygen atoms in total. The average molecular weight is 380 g/mol. The van der Waals surface area contributed by atoms with Crippen LogP contribution in [0.4, 0.5) is 0 Å². The van der Waals surface area contributed by atoms with Gasteiger partial charge in [0, 0.05) is 13.1 Å². The zero-order valence-electron chi connectivity index (χ0n) is 16.4. The van der Waals surface area contributed by atoms with Crippen LogP contribution in [-0.2, 0) is 11.2 Å². The monoisotopic (exact) mass is 380 g/mol. The first kappa shape index (κ1) is 19.9. The van der Waals surface area contributed by atoms with E-state index in [1.807, 2.05) is 24.0 Å². The van der Waals surface area contributed by atoms with Crippen molar-refractivity contribution in [2.45, 2.75) is 26.2 Å². The van der Waals surface area contributed by atoms with Crippen LogP contribution < -0.4 is 10.1 Å². The van der Waals surface area contributed by atoms with E-state index >= 15 is 0 Å².